The molecular weight excluding hydrogens is 264 g/mol. The minimum absolute atomic E-state index is 0.458. The van der Waals surface area contributed by atoms with Crippen LogP contribution in [-0.2, 0) is 0 Å². The molecule has 0 aliphatic carbocycles. The van der Waals surface area contributed by atoms with Crippen molar-refractivity contribution in [1.82, 2.24) is 4.98 Å². The first-order chi connectivity index (χ1) is 9.17. The molecule has 0 bridgehead atoms. The van der Waals surface area contributed by atoms with E-state index >= 15 is 0 Å². The van der Waals surface area contributed by atoms with Crippen LogP contribution in [-0.4, -0.2) is 12.1 Å². The Morgan fingerprint density at radius 2 is 2.05 bits per heavy atom. The van der Waals surface area contributed by atoms with Gasteiger partial charge >= 0.3 is 0 Å². The van der Waals surface area contributed by atoms with Gasteiger partial charge in [-0.2, -0.15) is 0 Å². The summed E-state index contributed by atoms with van der Waals surface area (Å²) in [6.45, 7) is 0. The fourth-order valence-corrected chi connectivity index (χ4v) is 2.08. The SMILES string of the molecule is COc1ccc(Cl)cc1-c1nc2ccc(N)cc2o1. The standard InChI is InChI=1S/C14H11ClN2O2/c1-18-12-5-2-8(15)6-10(12)14-17-11-4-3-9(16)7-13(11)19-14/h2-7H,16H2,1H3. The van der Waals surface area contributed by atoms with Gasteiger partial charge in [-0.3, -0.25) is 0 Å². The third kappa shape index (κ3) is 2.11. The van der Waals surface area contributed by atoms with Crippen molar-refractivity contribution in [2.75, 3.05) is 12.8 Å². The fraction of sp³-hybridized carbons (Fsp3) is 0.0714. The quantitative estimate of drug-likeness (QED) is 0.723. The number of oxazole rings is 1. The lowest BCUT2D eigenvalue weighted by atomic mass is 10.2. The largest absolute Gasteiger partial charge is 0.496 e. The molecule has 0 saturated carbocycles. The highest BCUT2D eigenvalue weighted by Crippen LogP contribution is 2.34. The molecule has 1 aromatic heterocycles. The molecule has 2 N–H and O–H groups in total. The van der Waals surface area contributed by atoms with E-state index in [1.54, 1.807) is 37.4 Å². The summed E-state index contributed by atoms with van der Waals surface area (Å²) in [5.41, 5.74) is 8.44. The average Bonchev–Trinajstić information content (AvgIpc) is 2.81. The zero-order chi connectivity index (χ0) is 13.4. The summed E-state index contributed by atoms with van der Waals surface area (Å²) < 4.78 is 11.0. The van der Waals surface area contributed by atoms with Crippen LogP contribution < -0.4 is 10.5 Å². The number of fused-ring (bicyclic) bond motifs is 1. The highest BCUT2D eigenvalue weighted by atomic mass is 35.5. The average molecular weight is 275 g/mol. The second-order valence-corrected chi connectivity index (χ2v) is 4.53. The topological polar surface area (TPSA) is 61.3 Å². The van der Waals surface area contributed by atoms with E-state index in [4.69, 9.17) is 26.5 Å². The van der Waals surface area contributed by atoms with E-state index in [0.29, 0.717) is 33.5 Å². The number of rotatable bonds is 2. The van der Waals surface area contributed by atoms with Crippen LogP contribution in [0.2, 0.25) is 5.02 Å². The second kappa shape index (κ2) is 4.48. The molecule has 0 aliphatic rings. The number of ether oxygens (including phenoxy) is 1. The number of nitrogen functional groups attached to an aromatic ring is 1. The first-order valence-electron chi connectivity index (χ1n) is 5.67. The molecule has 0 amide bonds. The summed E-state index contributed by atoms with van der Waals surface area (Å²) >= 11 is 6.00. The first-order valence-corrected chi connectivity index (χ1v) is 6.05. The molecule has 0 atom stereocenters. The molecule has 0 fully saturated rings. The molecule has 19 heavy (non-hydrogen) atoms. The maximum absolute atomic E-state index is 6.00. The van der Waals surface area contributed by atoms with Gasteiger partial charge in [-0.05, 0) is 30.3 Å². The minimum atomic E-state index is 0.458. The molecular formula is C14H11ClN2O2. The Bertz CT molecular complexity index is 752. The van der Waals surface area contributed by atoms with Gasteiger partial charge in [0.1, 0.15) is 11.3 Å². The van der Waals surface area contributed by atoms with Gasteiger partial charge < -0.3 is 14.9 Å². The zero-order valence-corrected chi connectivity index (χ0v) is 10.9. The van der Waals surface area contributed by atoms with Gasteiger partial charge in [0.25, 0.3) is 0 Å². The summed E-state index contributed by atoms with van der Waals surface area (Å²) in [6.07, 6.45) is 0. The van der Waals surface area contributed by atoms with Crippen LogP contribution in [0, 0.1) is 0 Å². The van der Waals surface area contributed by atoms with Crippen molar-refractivity contribution in [3.8, 4) is 17.2 Å². The van der Waals surface area contributed by atoms with Crippen LogP contribution in [0.25, 0.3) is 22.6 Å². The minimum Gasteiger partial charge on any atom is -0.496 e. The van der Waals surface area contributed by atoms with Gasteiger partial charge in [0, 0.05) is 16.8 Å². The maximum Gasteiger partial charge on any atom is 0.231 e. The molecule has 0 radical (unpaired) electrons. The lowest BCUT2D eigenvalue weighted by Crippen LogP contribution is -1.87. The summed E-state index contributed by atoms with van der Waals surface area (Å²) in [6, 6.07) is 10.6. The van der Waals surface area contributed by atoms with E-state index in [-0.39, 0.29) is 0 Å². The van der Waals surface area contributed by atoms with Crippen LogP contribution in [0.15, 0.2) is 40.8 Å². The van der Waals surface area contributed by atoms with Crippen molar-refractivity contribution in [3.63, 3.8) is 0 Å². The lowest BCUT2D eigenvalue weighted by Gasteiger charge is -2.04. The number of aromatic nitrogens is 1. The molecule has 3 aromatic rings. The van der Waals surface area contributed by atoms with E-state index < -0.39 is 0 Å². The van der Waals surface area contributed by atoms with Crippen molar-refractivity contribution in [3.05, 3.63) is 41.4 Å². The summed E-state index contributed by atoms with van der Waals surface area (Å²) in [5.74, 6) is 1.11. The second-order valence-electron chi connectivity index (χ2n) is 4.09. The van der Waals surface area contributed by atoms with Gasteiger partial charge in [-0.1, -0.05) is 11.6 Å². The highest BCUT2D eigenvalue weighted by molar-refractivity contribution is 6.30. The van der Waals surface area contributed by atoms with Crippen LogP contribution in [0.5, 0.6) is 5.75 Å². The van der Waals surface area contributed by atoms with Crippen molar-refractivity contribution in [2.45, 2.75) is 0 Å². The summed E-state index contributed by atoms with van der Waals surface area (Å²) in [4.78, 5) is 4.41. The normalized spacial score (nSPS) is 10.8. The molecule has 0 spiro atoms. The number of hydrogen-bond acceptors (Lipinski definition) is 4. The number of nitrogens with two attached hydrogens (primary N) is 1. The van der Waals surface area contributed by atoms with Gasteiger partial charge in [0.05, 0.1) is 12.7 Å². The van der Waals surface area contributed by atoms with Gasteiger partial charge in [-0.15, -0.1) is 0 Å². The number of nitrogens with zero attached hydrogens (tertiary/aromatic N) is 1. The number of hydrogen-bond donors (Lipinski definition) is 1. The molecule has 3 rings (SSSR count). The maximum atomic E-state index is 6.00. The molecule has 1 heterocycles. The van der Waals surface area contributed by atoms with Gasteiger partial charge in [0.2, 0.25) is 5.89 Å². The Morgan fingerprint density at radius 1 is 1.21 bits per heavy atom. The van der Waals surface area contributed by atoms with Crippen molar-refractivity contribution < 1.29 is 9.15 Å². The Hall–Kier alpha value is -2.20. The number of benzene rings is 2. The molecule has 0 saturated heterocycles. The number of methoxy groups -OCH3 is 1. The van der Waals surface area contributed by atoms with E-state index in [0.717, 1.165) is 5.52 Å². The Morgan fingerprint density at radius 3 is 2.84 bits per heavy atom. The lowest BCUT2D eigenvalue weighted by molar-refractivity contribution is 0.414. The van der Waals surface area contributed by atoms with Crippen LogP contribution in [0.1, 0.15) is 0 Å². The summed E-state index contributed by atoms with van der Waals surface area (Å²) in [7, 11) is 1.59. The smallest absolute Gasteiger partial charge is 0.231 e. The predicted molar refractivity (Wildman–Crippen MR) is 75.4 cm³/mol. The fourth-order valence-electron chi connectivity index (χ4n) is 1.90. The van der Waals surface area contributed by atoms with Crippen LogP contribution >= 0.6 is 11.6 Å². The molecule has 4 nitrogen and oxygen atoms in total. The van der Waals surface area contributed by atoms with E-state index in [2.05, 4.69) is 4.98 Å². The Kier molecular flexibility index (Phi) is 2.80. The Balaban J connectivity index is 2.21. The Labute approximate surface area is 114 Å². The van der Waals surface area contributed by atoms with Crippen LogP contribution in [0.3, 0.4) is 0 Å². The third-order valence-electron chi connectivity index (χ3n) is 2.80. The highest BCUT2D eigenvalue weighted by Gasteiger charge is 2.13. The molecule has 96 valence electrons. The molecule has 2 aromatic carbocycles. The monoisotopic (exact) mass is 274 g/mol. The van der Waals surface area contributed by atoms with Gasteiger partial charge in [-0.25, -0.2) is 4.98 Å². The molecule has 5 heteroatoms. The van der Waals surface area contributed by atoms with E-state index in [9.17, 15) is 0 Å². The summed E-state index contributed by atoms with van der Waals surface area (Å²) in [5, 5.41) is 0.595. The molecule has 0 unspecified atom stereocenters. The zero-order valence-electron chi connectivity index (χ0n) is 10.2. The van der Waals surface area contributed by atoms with Crippen molar-refractivity contribution in [1.29, 1.82) is 0 Å². The van der Waals surface area contributed by atoms with E-state index in [1.165, 1.54) is 0 Å². The van der Waals surface area contributed by atoms with Crippen LogP contribution in [0.4, 0.5) is 5.69 Å². The van der Waals surface area contributed by atoms with Crippen molar-refractivity contribution in [2.24, 2.45) is 0 Å². The predicted octanol–water partition coefficient (Wildman–Crippen LogP) is 3.74. The number of halogens is 1. The van der Waals surface area contributed by atoms with Gasteiger partial charge in [0.15, 0.2) is 5.58 Å². The number of anilines is 1. The first kappa shape index (κ1) is 11.9. The van der Waals surface area contributed by atoms with E-state index in [1.807, 2.05) is 6.07 Å². The third-order valence-corrected chi connectivity index (χ3v) is 3.04. The molecule has 0 aliphatic heterocycles. The van der Waals surface area contributed by atoms with Crippen molar-refractivity contribution >= 4 is 28.4 Å².